The lowest BCUT2D eigenvalue weighted by atomic mass is 9.98. The fraction of sp³-hybridized carbons (Fsp3) is 0.227. The molecular formula is C22H19ClFN3O2S. The highest BCUT2D eigenvalue weighted by Gasteiger charge is 2.41. The Hall–Kier alpha value is -2.77. The summed E-state index contributed by atoms with van der Waals surface area (Å²) in [6.45, 7) is 1.80. The normalized spacial score (nSPS) is 16.2. The van der Waals surface area contributed by atoms with E-state index in [1.54, 1.807) is 42.8 Å². The van der Waals surface area contributed by atoms with Crippen LogP contribution in [0.25, 0.3) is 0 Å². The molecule has 0 spiro atoms. The number of nitrogens with zero attached hydrogens (tertiary/aromatic N) is 2. The molecule has 8 heteroatoms. The highest BCUT2D eigenvalue weighted by atomic mass is 35.5. The van der Waals surface area contributed by atoms with Gasteiger partial charge in [-0.15, -0.1) is 11.3 Å². The fourth-order valence-electron chi connectivity index (χ4n) is 4.08. The molecule has 0 aliphatic heterocycles. The van der Waals surface area contributed by atoms with Gasteiger partial charge < -0.3 is 10.6 Å². The molecule has 4 rings (SSSR count). The zero-order valence-electron chi connectivity index (χ0n) is 16.1. The second-order valence-corrected chi connectivity index (χ2v) is 8.69. The summed E-state index contributed by atoms with van der Waals surface area (Å²) in [5.74, 6) is -1.49. The molecule has 1 aliphatic rings. The number of carbonyl (C=O) groups excluding carboxylic acids is 2. The molecule has 0 fully saturated rings. The number of hydrogen-bond acceptors (Lipinski definition) is 4. The lowest BCUT2D eigenvalue weighted by Crippen LogP contribution is -2.43. The third-order valence-corrected chi connectivity index (χ3v) is 6.38. The quantitative estimate of drug-likeness (QED) is 0.626. The first-order valence-electron chi connectivity index (χ1n) is 9.43. The van der Waals surface area contributed by atoms with Crippen LogP contribution in [0.1, 0.15) is 50.6 Å². The van der Waals surface area contributed by atoms with Crippen LogP contribution in [0.3, 0.4) is 0 Å². The number of halogens is 2. The van der Waals surface area contributed by atoms with Gasteiger partial charge in [-0.3, -0.25) is 9.59 Å². The Morgan fingerprint density at radius 1 is 1.30 bits per heavy atom. The van der Waals surface area contributed by atoms with E-state index in [-0.39, 0.29) is 10.7 Å². The number of thiazole rings is 1. The first kappa shape index (κ1) is 20.5. The number of fused-ring (bicyclic) bond motifs is 1. The van der Waals surface area contributed by atoms with E-state index < -0.39 is 29.7 Å². The van der Waals surface area contributed by atoms with Crippen LogP contribution in [0.5, 0.6) is 0 Å². The van der Waals surface area contributed by atoms with Crippen LogP contribution >= 0.6 is 22.9 Å². The Bertz CT molecular complexity index is 1120. The number of aromatic nitrogens is 1. The SMILES string of the molecule is Cc1scnc1C(=O)N(C(C(N)=O)c1ccccc1)[C@@H]1CCc2c(F)cc(Cl)cc21. The highest BCUT2D eigenvalue weighted by Crippen LogP contribution is 2.43. The average molecular weight is 444 g/mol. The minimum absolute atomic E-state index is 0.241. The molecule has 2 aromatic carbocycles. The molecule has 2 amide bonds. The second-order valence-electron chi connectivity index (χ2n) is 7.20. The molecule has 2 N–H and O–H groups in total. The zero-order chi connectivity index (χ0) is 21.4. The van der Waals surface area contributed by atoms with E-state index >= 15 is 0 Å². The van der Waals surface area contributed by atoms with Gasteiger partial charge in [-0.05, 0) is 48.6 Å². The Kier molecular flexibility index (Phi) is 5.58. The lowest BCUT2D eigenvalue weighted by Gasteiger charge is -2.35. The minimum Gasteiger partial charge on any atom is -0.368 e. The van der Waals surface area contributed by atoms with Crippen LogP contribution in [-0.4, -0.2) is 21.7 Å². The molecule has 0 saturated heterocycles. The molecular weight excluding hydrogens is 425 g/mol. The average Bonchev–Trinajstić information content (AvgIpc) is 3.32. The maximum atomic E-state index is 14.5. The number of benzene rings is 2. The van der Waals surface area contributed by atoms with E-state index in [1.807, 2.05) is 6.07 Å². The van der Waals surface area contributed by atoms with Crippen LogP contribution in [0.15, 0.2) is 48.0 Å². The molecule has 1 aliphatic carbocycles. The first-order valence-corrected chi connectivity index (χ1v) is 10.7. The molecule has 2 atom stereocenters. The van der Waals surface area contributed by atoms with Gasteiger partial charge in [0.15, 0.2) is 0 Å². The van der Waals surface area contributed by atoms with E-state index in [2.05, 4.69) is 4.98 Å². The molecule has 1 unspecified atom stereocenters. The van der Waals surface area contributed by atoms with Crippen molar-refractivity contribution >= 4 is 34.8 Å². The van der Waals surface area contributed by atoms with Gasteiger partial charge in [-0.25, -0.2) is 9.37 Å². The summed E-state index contributed by atoms with van der Waals surface area (Å²) in [5, 5.41) is 0.241. The summed E-state index contributed by atoms with van der Waals surface area (Å²) >= 11 is 7.46. The number of hydrogen-bond donors (Lipinski definition) is 1. The summed E-state index contributed by atoms with van der Waals surface area (Å²) in [5.41, 5.74) is 9.34. The van der Waals surface area contributed by atoms with Gasteiger partial charge in [0.2, 0.25) is 5.91 Å². The summed E-state index contributed by atoms with van der Waals surface area (Å²) in [6.07, 6.45) is 0.890. The second kappa shape index (κ2) is 8.16. The predicted molar refractivity (Wildman–Crippen MR) is 114 cm³/mol. The predicted octanol–water partition coefficient (Wildman–Crippen LogP) is 4.60. The van der Waals surface area contributed by atoms with E-state index in [4.69, 9.17) is 17.3 Å². The van der Waals surface area contributed by atoms with Crippen molar-refractivity contribution in [3.05, 3.63) is 86.1 Å². The molecule has 5 nitrogen and oxygen atoms in total. The molecule has 3 aromatic rings. The summed E-state index contributed by atoms with van der Waals surface area (Å²) in [7, 11) is 0. The number of nitrogens with two attached hydrogens (primary N) is 1. The number of amides is 2. The molecule has 0 saturated carbocycles. The Morgan fingerprint density at radius 3 is 2.67 bits per heavy atom. The molecule has 1 heterocycles. The number of aryl methyl sites for hydroxylation is 1. The van der Waals surface area contributed by atoms with Crippen molar-refractivity contribution in [3.63, 3.8) is 0 Å². The smallest absolute Gasteiger partial charge is 0.275 e. The van der Waals surface area contributed by atoms with E-state index in [1.165, 1.54) is 22.3 Å². The zero-order valence-corrected chi connectivity index (χ0v) is 17.7. The third kappa shape index (κ3) is 3.59. The summed E-state index contributed by atoms with van der Waals surface area (Å²) in [6, 6.07) is 10.2. The summed E-state index contributed by atoms with van der Waals surface area (Å²) < 4.78 is 14.5. The topological polar surface area (TPSA) is 76.3 Å². The Morgan fingerprint density at radius 2 is 2.03 bits per heavy atom. The fourth-order valence-corrected chi connectivity index (χ4v) is 4.86. The van der Waals surface area contributed by atoms with Crippen molar-refractivity contribution in [2.75, 3.05) is 0 Å². The molecule has 30 heavy (non-hydrogen) atoms. The highest BCUT2D eigenvalue weighted by molar-refractivity contribution is 7.09. The van der Waals surface area contributed by atoms with Crippen molar-refractivity contribution in [1.82, 2.24) is 9.88 Å². The maximum absolute atomic E-state index is 14.5. The lowest BCUT2D eigenvalue weighted by molar-refractivity contribution is -0.123. The number of carbonyl (C=O) groups is 2. The Balaban J connectivity index is 1.89. The van der Waals surface area contributed by atoms with Crippen LogP contribution in [0, 0.1) is 12.7 Å². The maximum Gasteiger partial charge on any atom is 0.275 e. The van der Waals surface area contributed by atoms with Crippen molar-refractivity contribution in [2.45, 2.75) is 31.8 Å². The van der Waals surface area contributed by atoms with E-state index in [0.29, 0.717) is 29.5 Å². The van der Waals surface area contributed by atoms with E-state index in [0.717, 1.165) is 4.88 Å². The van der Waals surface area contributed by atoms with Gasteiger partial charge in [-0.2, -0.15) is 0 Å². The monoisotopic (exact) mass is 443 g/mol. The first-order chi connectivity index (χ1) is 14.4. The van der Waals surface area contributed by atoms with Crippen molar-refractivity contribution in [3.8, 4) is 0 Å². The number of rotatable bonds is 5. The van der Waals surface area contributed by atoms with Gasteiger partial charge in [0.25, 0.3) is 5.91 Å². The van der Waals surface area contributed by atoms with Crippen LogP contribution < -0.4 is 5.73 Å². The Labute approximate surface area is 182 Å². The van der Waals surface area contributed by atoms with Crippen LogP contribution in [0.2, 0.25) is 5.02 Å². The molecule has 154 valence electrons. The standard InChI is InChI=1S/C22H19ClFN3O2S/c1-12-19(26-11-30-12)22(29)27(20(21(25)28)13-5-3-2-4-6-13)18-8-7-15-16(18)9-14(23)10-17(15)24/h2-6,9-11,18,20H,7-8H2,1H3,(H2,25,28)/t18-,20?/m1/s1. The van der Waals surface area contributed by atoms with Gasteiger partial charge in [0.05, 0.1) is 11.6 Å². The molecule has 1 aromatic heterocycles. The van der Waals surface area contributed by atoms with E-state index in [9.17, 15) is 14.0 Å². The van der Waals surface area contributed by atoms with Crippen molar-refractivity contribution in [1.29, 1.82) is 0 Å². The minimum atomic E-state index is -1.03. The molecule has 0 radical (unpaired) electrons. The van der Waals surface area contributed by atoms with Gasteiger partial charge in [0, 0.05) is 9.90 Å². The van der Waals surface area contributed by atoms with Gasteiger partial charge in [0.1, 0.15) is 17.6 Å². The van der Waals surface area contributed by atoms with Gasteiger partial charge in [-0.1, -0.05) is 41.9 Å². The summed E-state index contributed by atoms with van der Waals surface area (Å²) in [4.78, 5) is 32.7. The van der Waals surface area contributed by atoms with Crippen LogP contribution in [0.4, 0.5) is 4.39 Å². The van der Waals surface area contributed by atoms with Gasteiger partial charge >= 0.3 is 0 Å². The molecule has 0 bridgehead atoms. The largest absolute Gasteiger partial charge is 0.368 e. The van der Waals surface area contributed by atoms with Crippen molar-refractivity contribution < 1.29 is 14.0 Å². The number of primary amides is 1. The van der Waals surface area contributed by atoms with Crippen molar-refractivity contribution in [2.24, 2.45) is 5.73 Å². The van der Waals surface area contributed by atoms with Crippen LogP contribution in [-0.2, 0) is 11.2 Å². The third-order valence-electron chi connectivity index (χ3n) is 5.40.